The van der Waals surface area contributed by atoms with Crippen LogP contribution in [0.15, 0.2) is 29.1 Å². The van der Waals surface area contributed by atoms with E-state index in [2.05, 4.69) is 22.2 Å². The fraction of sp³-hybridized carbons (Fsp3) is 0.333. The van der Waals surface area contributed by atoms with Gasteiger partial charge in [-0.1, -0.05) is 18.5 Å². The fourth-order valence-corrected chi connectivity index (χ4v) is 2.14. The highest BCUT2D eigenvalue weighted by Gasteiger charge is 2.10. The molecule has 0 saturated carbocycles. The van der Waals surface area contributed by atoms with Gasteiger partial charge in [0, 0.05) is 17.6 Å². The second-order valence-corrected chi connectivity index (χ2v) is 5.04. The maximum atomic E-state index is 11.8. The molecule has 1 aromatic heterocycles. The number of aromatic amines is 1. The van der Waals surface area contributed by atoms with Crippen molar-refractivity contribution in [3.63, 3.8) is 0 Å². The number of hydrogen-bond donors (Lipinski definition) is 2. The summed E-state index contributed by atoms with van der Waals surface area (Å²) in [6, 6.07) is 6.71. The second kappa shape index (κ2) is 7.24. The average molecular weight is 308 g/mol. The van der Waals surface area contributed by atoms with E-state index in [0.717, 1.165) is 13.0 Å². The van der Waals surface area contributed by atoms with Crippen molar-refractivity contribution in [1.29, 1.82) is 0 Å². The van der Waals surface area contributed by atoms with Crippen LogP contribution in [0.4, 0.5) is 0 Å². The summed E-state index contributed by atoms with van der Waals surface area (Å²) in [5.74, 6) is 1.05. The van der Waals surface area contributed by atoms with Gasteiger partial charge in [0.25, 0.3) is 5.56 Å². The predicted octanol–water partition coefficient (Wildman–Crippen LogP) is 2.60. The van der Waals surface area contributed by atoms with Crippen molar-refractivity contribution in [3.8, 4) is 17.1 Å². The van der Waals surface area contributed by atoms with Crippen molar-refractivity contribution in [1.82, 2.24) is 15.3 Å². The quantitative estimate of drug-likeness (QED) is 0.805. The summed E-state index contributed by atoms with van der Waals surface area (Å²) in [4.78, 5) is 19.0. The second-order valence-electron chi connectivity index (χ2n) is 4.61. The summed E-state index contributed by atoms with van der Waals surface area (Å²) in [6.07, 6.45) is 1.03. The van der Waals surface area contributed by atoms with Crippen LogP contribution in [0.1, 0.15) is 19.0 Å². The van der Waals surface area contributed by atoms with Crippen molar-refractivity contribution in [2.24, 2.45) is 0 Å². The molecule has 0 aliphatic rings. The number of nitrogens with one attached hydrogen (secondary N) is 2. The Kier molecular flexibility index (Phi) is 5.36. The first-order valence-electron chi connectivity index (χ1n) is 6.79. The molecule has 0 bridgehead atoms. The minimum absolute atomic E-state index is 0.190. The van der Waals surface area contributed by atoms with E-state index in [9.17, 15) is 4.79 Å². The van der Waals surface area contributed by atoms with Crippen LogP contribution in [0.3, 0.4) is 0 Å². The van der Waals surface area contributed by atoms with Gasteiger partial charge in [-0.15, -0.1) is 0 Å². The third-order valence-electron chi connectivity index (χ3n) is 2.95. The lowest BCUT2D eigenvalue weighted by molar-refractivity contribution is 0.416. The van der Waals surface area contributed by atoms with E-state index in [1.54, 1.807) is 25.3 Å². The van der Waals surface area contributed by atoms with Crippen LogP contribution in [-0.2, 0) is 6.54 Å². The molecule has 0 spiro atoms. The van der Waals surface area contributed by atoms with Crippen LogP contribution in [-0.4, -0.2) is 23.6 Å². The predicted molar refractivity (Wildman–Crippen MR) is 83.9 cm³/mol. The van der Waals surface area contributed by atoms with Crippen LogP contribution in [0, 0.1) is 0 Å². The van der Waals surface area contributed by atoms with Crippen molar-refractivity contribution in [3.05, 3.63) is 45.3 Å². The van der Waals surface area contributed by atoms with E-state index in [0.29, 0.717) is 34.4 Å². The Morgan fingerprint density at radius 1 is 1.38 bits per heavy atom. The number of halogens is 1. The van der Waals surface area contributed by atoms with Crippen LogP contribution < -0.4 is 15.6 Å². The molecule has 6 heteroatoms. The lowest BCUT2D eigenvalue weighted by atomic mass is 10.2. The standard InChI is InChI=1S/C15H18ClN3O2/c1-3-6-17-9-11-8-14(20)19-15(18-11)12-5-4-10(16)7-13(12)21-2/h4-5,7-8,17H,3,6,9H2,1-2H3,(H,18,19,20). The normalized spacial score (nSPS) is 10.6. The smallest absolute Gasteiger partial charge is 0.251 e. The number of H-pyrrole nitrogens is 1. The Balaban J connectivity index is 2.37. The van der Waals surface area contributed by atoms with Crippen LogP contribution in [0.25, 0.3) is 11.4 Å². The zero-order valence-electron chi connectivity index (χ0n) is 12.1. The first kappa shape index (κ1) is 15.5. The van der Waals surface area contributed by atoms with Gasteiger partial charge in [0.2, 0.25) is 0 Å². The summed E-state index contributed by atoms with van der Waals surface area (Å²) >= 11 is 5.95. The summed E-state index contributed by atoms with van der Waals surface area (Å²) in [5, 5.41) is 3.80. The highest BCUT2D eigenvalue weighted by Crippen LogP contribution is 2.29. The number of ether oxygens (including phenoxy) is 1. The van der Waals surface area contributed by atoms with Gasteiger partial charge in [0.15, 0.2) is 0 Å². The molecule has 0 aliphatic heterocycles. The molecular formula is C15H18ClN3O2. The third-order valence-corrected chi connectivity index (χ3v) is 3.18. The maximum absolute atomic E-state index is 11.8. The zero-order chi connectivity index (χ0) is 15.2. The van der Waals surface area contributed by atoms with E-state index < -0.39 is 0 Å². The van der Waals surface area contributed by atoms with Gasteiger partial charge in [-0.2, -0.15) is 0 Å². The minimum Gasteiger partial charge on any atom is -0.496 e. The van der Waals surface area contributed by atoms with Gasteiger partial charge in [0.1, 0.15) is 11.6 Å². The zero-order valence-corrected chi connectivity index (χ0v) is 12.8. The van der Waals surface area contributed by atoms with Gasteiger partial charge in [0.05, 0.1) is 18.4 Å². The van der Waals surface area contributed by atoms with Gasteiger partial charge in [-0.3, -0.25) is 4.79 Å². The molecule has 0 unspecified atom stereocenters. The van der Waals surface area contributed by atoms with Crippen molar-refractivity contribution < 1.29 is 4.74 Å². The average Bonchev–Trinajstić information content (AvgIpc) is 2.46. The molecule has 0 aliphatic carbocycles. The van der Waals surface area contributed by atoms with Gasteiger partial charge < -0.3 is 15.0 Å². The van der Waals surface area contributed by atoms with Gasteiger partial charge >= 0.3 is 0 Å². The fourth-order valence-electron chi connectivity index (χ4n) is 1.98. The number of rotatable bonds is 6. The molecular weight excluding hydrogens is 290 g/mol. The number of benzene rings is 1. The number of methoxy groups -OCH3 is 1. The Morgan fingerprint density at radius 2 is 2.19 bits per heavy atom. The first-order chi connectivity index (χ1) is 10.1. The third kappa shape index (κ3) is 4.06. The Labute approximate surface area is 128 Å². The molecule has 112 valence electrons. The molecule has 0 fully saturated rings. The largest absolute Gasteiger partial charge is 0.496 e. The highest BCUT2D eigenvalue weighted by molar-refractivity contribution is 6.30. The molecule has 0 saturated heterocycles. The van der Waals surface area contributed by atoms with E-state index in [-0.39, 0.29) is 5.56 Å². The monoisotopic (exact) mass is 307 g/mol. The number of nitrogens with zero attached hydrogens (tertiary/aromatic N) is 1. The topological polar surface area (TPSA) is 67.0 Å². The summed E-state index contributed by atoms with van der Waals surface area (Å²) in [5.41, 5.74) is 1.21. The van der Waals surface area contributed by atoms with Crippen LogP contribution in [0.5, 0.6) is 5.75 Å². The molecule has 1 aromatic carbocycles. The van der Waals surface area contributed by atoms with E-state index in [1.165, 1.54) is 6.07 Å². The number of hydrogen-bond acceptors (Lipinski definition) is 4. The number of aromatic nitrogens is 2. The van der Waals surface area contributed by atoms with Gasteiger partial charge in [-0.05, 0) is 31.2 Å². The molecule has 1 heterocycles. The van der Waals surface area contributed by atoms with E-state index in [1.807, 2.05) is 0 Å². The summed E-state index contributed by atoms with van der Waals surface area (Å²) in [7, 11) is 1.56. The molecule has 0 atom stereocenters. The lowest BCUT2D eigenvalue weighted by Gasteiger charge is -2.09. The van der Waals surface area contributed by atoms with Crippen LogP contribution >= 0.6 is 11.6 Å². The Morgan fingerprint density at radius 3 is 2.90 bits per heavy atom. The Bertz CT molecular complexity index is 670. The van der Waals surface area contributed by atoms with E-state index >= 15 is 0 Å². The Hall–Kier alpha value is -1.85. The summed E-state index contributed by atoms with van der Waals surface area (Å²) in [6.45, 7) is 3.52. The van der Waals surface area contributed by atoms with Gasteiger partial charge in [-0.25, -0.2) is 4.98 Å². The SMILES string of the molecule is CCCNCc1cc(=O)[nH]c(-c2ccc(Cl)cc2OC)n1. The molecule has 2 N–H and O–H groups in total. The molecule has 0 radical (unpaired) electrons. The van der Waals surface area contributed by atoms with Crippen molar-refractivity contribution in [2.45, 2.75) is 19.9 Å². The summed E-state index contributed by atoms with van der Waals surface area (Å²) < 4.78 is 5.30. The highest BCUT2D eigenvalue weighted by atomic mass is 35.5. The molecule has 5 nitrogen and oxygen atoms in total. The molecule has 21 heavy (non-hydrogen) atoms. The molecule has 2 aromatic rings. The lowest BCUT2D eigenvalue weighted by Crippen LogP contribution is -2.18. The maximum Gasteiger partial charge on any atom is 0.251 e. The minimum atomic E-state index is -0.190. The first-order valence-corrected chi connectivity index (χ1v) is 7.16. The van der Waals surface area contributed by atoms with Crippen LogP contribution in [0.2, 0.25) is 5.02 Å². The van der Waals surface area contributed by atoms with Crippen molar-refractivity contribution in [2.75, 3.05) is 13.7 Å². The van der Waals surface area contributed by atoms with E-state index in [4.69, 9.17) is 16.3 Å². The van der Waals surface area contributed by atoms with Crippen molar-refractivity contribution >= 4 is 11.6 Å². The molecule has 2 rings (SSSR count). The molecule has 0 amide bonds.